The summed E-state index contributed by atoms with van der Waals surface area (Å²) in [6.07, 6.45) is 5.13. The third-order valence-electron chi connectivity index (χ3n) is 5.85. The van der Waals surface area contributed by atoms with E-state index in [2.05, 4.69) is 26.8 Å². The van der Waals surface area contributed by atoms with Crippen LogP contribution >= 0.6 is 0 Å². The molecule has 3 aromatic rings. The number of hydrogen-bond donors (Lipinski definition) is 1. The van der Waals surface area contributed by atoms with Crippen LogP contribution in [0.1, 0.15) is 19.3 Å². The van der Waals surface area contributed by atoms with Crippen LogP contribution in [-0.4, -0.2) is 51.6 Å². The van der Waals surface area contributed by atoms with Gasteiger partial charge in [0, 0.05) is 19.0 Å². The number of amides is 1. The highest BCUT2D eigenvalue weighted by Gasteiger charge is 2.27. The van der Waals surface area contributed by atoms with Crippen molar-refractivity contribution in [1.29, 1.82) is 0 Å². The lowest BCUT2D eigenvalue weighted by molar-refractivity contribution is -0.125. The molecule has 1 atom stereocenters. The number of aromatic nitrogens is 3. The maximum Gasteiger partial charge on any atom is 0.246 e. The molecule has 1 N–H and O–H groups in total. The quantitative estimate of drug-likeness (QED) is 0.501. The van der Waals surface area contributed by atoms with E-state index in [0.29, 0.717) is 48.9 Å². The minimum atomic E-state index is -1.06. The molecule has 2 aromatic heterocycles. The van der Waals surface area contributed by atoms with Crippen LogP contribution in [0.15, 0.2) is 43.2 Å². The SMILES string of the molecule is C=CC(=O)N1CC[C@H](Oc2ccc3ncnc(Nc4ccc(OCC5CC5)c(F)c4F)c3n2)C1. The Kier molecular flexibility index (Phi) is 5.95. The van der Waals surface area contributed by atoms with Crippen molar-refractivity contribution in [2.24, 2.45) is 5.92 Å². The van der Waals surface area contributed by atoms with Crippen molar-refractivity contribution in [3.05, 3.63) is 54.9 Å². The summed E-state index contributed by atoms with van der Waals surface area (Å²) in [6.45, 7) is 4.89. The van der Waals surface area contributed by atoms with Crippen molar-refractivity contribution in [2.75, 3.05) is 25.0 Å². The number of carbonyl (C=O) groups excluding carboxylic acids is 1. The Bertz CT molecular complexity index is 1250. The molecule has 1 amide bonds. The molecular formula is C24H23F2N5O3. The van der Waals surface area contributed by atoms with Gasteiger partial charge in [0.1, 0.15) is 17.9 Å². The lowest BCUT2D eigenvalue weighted by Gasteiger charge is -2.16. The number of rotatable bonds is 8. The second-order valence-electron chi connectivity index (χ2n) is 8.38. The standard InChI is InChI=1S/C24H23F2N5O3/c1-2-20(32)31-10-9-15(11-31)34-19-8-6-17-23(30-19)24(28-13-27-17)29-16-5-7-18(22(26)21(16)25)33-12-14-3-4-14/h2,5-8,13-15H,1,3-4,9-12H2,(H,27,28,29)/t15-/m0/s1. The fraction of sp³-hybridized carbons (Fsp3) is 0.333. The average molecular weight is 467 g/mol. The first-order valence-corrected chi connectivity index (χ1v) is 11.1. The van der Waals surface area contributed by atoms with Crippen molar-refractivity contribution in [3.8, 4) is 11.6 Å². The molecule has 1 saturated carbocycles. The number of nitrogens with zero attached hydrogens (tertiary/aromatic N) is 4. The zero-order chi connectivity index (χ0) is 23.7. The van der Waals surface area contributed by atoms with E-state index in [0.717, 1.165) is 12.8 Å². The molecule has 10 heteroatoms. The lowest BCUT2D eigenvalue weighted by atomic mass is 10.2. The molecular weight excluding hydrogens is 444 g/mol. The number of carbonyl (C=O) groups is 1. The highest BCUT2D eigenvalue weighted by atomic mass is 19.2. The maximum atomic E-state index is 14.7. The molecule has 176 valence electrons. The number of pyridine rings is 1. The first-order valence-electron chi connectivity index (χ1n) is 11.1. The first kappa shape index (κ1) is 22.0. The summed E-state index contributed by atoms with van der Waals surface area (Å²) in [5.74, 6) is -1.43. The van der Waals surface area contributed by atoms with Gasteiger partial charge in [-0.2, -0.15) is 4.39 Å². The lowest BCUT2D eigenvalue weighted by Crippen LogP contribution is -2.29. The molecule has 0 unspecified atom stereocenters. The van der Waals surface area contributed by atoms with Crippen LogP contribution in [0.25, 0.3) is 11.0 Å². The number of likely N-dealkylation sites (tertiary alicyclic amines) is 1. The van der Waals surface area contributed by atoms with Gasteiger partial charge in [-0.05, 0) is 43.0 Å². The Hall–Kier alpha value is -3.82. The van der Waals surface area contributed by atoms with E-state index in [9.17, 15) is 13.6 Å². The Morgan fingerprint density at radius 2 is 2.03 bits per heavy atom. The van der Waals surface area contributed by atoms with Crippen molar-refractivity contribution >= 4 is 28.4 Å². The molecule has 1 aliphatic heterocycles. The second-order valence-corrected chi connectivity index (χ2v) is 8.38. The fourth-order valence-electron chi connectivity index (χ4n) is 3.76. The Balaban J connectivity index is 1.35. The number of benzene rings is 1. The van der Waals surface area contributed by atoms with E-state index in [1.54, 1.807) is 17.0 Å². The minimum absolute atomic E-state index is 0.0984. The van der Waals surface area contributed by atoms with Crippen LogP contribution in [0, 0.1) is 17.6 Å². The Morgan fingerprint density at radius 3 is 2.82 bits per heavy atom. The van der Waals surface area contributed by atoms with Gasteiger partial charge < -0.3 is 19.7 Å². The van der Waals surface area contributed by atoms with Gasteiger partial charge in [-0.25, -0.2) is 19.3 Å². The summed E-state index contributed by atoms with van der Waals surface area (Å²) in [5.41, 5.74) is 0.745. The van der Waals surface area contributed by atoms with Gasteiger partial charge in [-0.15, -0.1) is 0 Å². The first-order chi connectivity index (χ1) is 16.5. The molecule has 8 nitrogen and oxygen atoms in total. The van der Waals surface area contributed by atoms with Crippen LogP contribution in [0.3, 0.4) is 0 Å². The van der Waals surface area contributed by atoms with E-state index in [4.69, 9.17) is 9.47 Å². The van der Waals surface area contributed by atoms with E-state index in [1.165, 1.54) is 24.5 Å². The smallest absolute Gasteiger partial charge is 0.246 e. The topological polar surface area (TPSA) is 89.5 Å². The zero-order valence-corrected chi connectivity index (χ0v) is 18.3. The summed E-state index contributed by atoms with van der Waals surface area (Å²) in [7, 11) is 0. The van der Waals surface area contributed by atoms with Crippen LogP contribution in [0.5, 0.6) is 11.6 Å². The van der Waals surface area contributed by atoms with E-state index >= 15 is 0 Å². The van der Waals surface area contributed by atoms with Gasteiger partial charge in [-0.3, -0.25) is 4.79 Å². The van der Waals surface area contributed by atoms with Gasteiger partial charge in [0.15, 0.2) is 17.4 Å². The Morgan fingerprint density at radius 1 is 1.18 bits per heavy atom. The number of ether oxygens (including phenoxy) is 2. The normalized spacial score (nSPS) is 17.6. The number of anilines is 2. The van der Waals surface area contributed by atoms with Gasteiger partial charge in [0.2, 0.25) is 17.6 Å². The molecule has 0 spiro atoms. The summed E-state index contributed by atoms with van der Waals surface area (Å²) >= 11 is 0. The molecule has 3 heterocycles. The molecule has 1 saturated heterocycles. The number of hydrogen-bond acceptors (Lipinski definition) is 7. The predicted molar refractivity (Wildman–Crippen MR) is 121 cm³/mol. The highest BCUT2D eigenvalue weighted by molar-refractivity contribution is 5.88. The number of halogens is 2. The molecule has 0 bridgehead atoms. The fourth-order valence-corrected chi connectivity index (χ4v) is 3.76. The average Bonchev–Trinajstić information content (AvgIpc) is 3.57. The van der Waals surface area contributed by atoms with Gasteiger partial charge in [0.05, 0.1) is 24.4 Å². The number of fused-ring (bicyclic) bond motifs is 1. The van der Waals surface area contributed by atoms with Crippen molar-refractivity contribution < 1.29 is 23.0 Å². The van der Waals surface area contributed by atoms with Crippen LogP contribution in [-0.2, 0) is 4.79 Å². The Labute approximate surface area is 194 Å². The molecule has 1 aliphatic carbocycles. The van der Waals surface area contributed by atoms with E-state index < -0.39 is 11.6 Å². The van der Waals surface area contributed by atoms with Crippen LogP contribution in [0.4, 0.5) is 20.3 Å². The summed E-state index contributed by atoms with van der Waals surface area (Å²) in [5, 5.41) is 2.81. The highest BCUT2D eigenvalue weighted by Crippen LogP contribution is 2.33. The van der Waals surface area contributed by atoms with Crippen molar-refractivity contribution in [3.63, 3.8) is 0 Å². The van der Waals surface area contributed by atoms with E-state index in [-0.39, 0.29) is 29.3 Å². The van der Waals surface area contributed by atoms with Gasteiger partial charge >= 0.3 is 0 Å². The van der Waals surface area contributed by atoms with E-state index in [1.807, 2.05) is 0 Å². The molecule has 1 aromatic carbocycles. The monoisotopic (exact) mass is 467 g/mol. The molecule has 5 rings (SSSR count). The summed E-state index contributed by atoms with van der Waals surface area (Å²) in [4.78, 5) is 26.3. The summed E-state index contributed by atoms with van der Waals surface area (Å²) in [6, 6.07) is 6.17. The zero-order valence-electron chi connectivity index (χ0n) is 18.3. The van der Waals surface area contributed by atoms with Crippen molar-refractivity contribution in [2.45, 2.75) is 25.4 Å². The third-order valence-corrected chi connectivity index (χ3v) is 5.85. The molecule has 2 fully saturated rings. The van der Waals surface area contributed by atoms with Gasteiger partial charge in [-0.1, -0.05) is 6.58 Å². The minimum Gasteiger partial charge on any atom is -0.490 e. The predicted octanol–water partition coefficient (Wildman–Crippen LogP) is 4.00. The van der Waals surface area contributed by atoms with Crippen LogP contribution in [0.2, 0.25) is 0 Å². The molecule has 34 heavy (non-hydrogen) atoms. The second kappa shape index (κ2) is 9.20. The maximum absolute atomic E-state index is 14.7. The van der Waals surface area contributed by atoms with Crippen molar-refractivity contribution in [1.82, 2.24) is 19.9 Å². The van der Waals surface area contributed by atoms with Gasteiger partial charge in [0.25, 0.3) is 0 Å². The molecule has 0 radical (unpaired) electrons. The number of nitrogens with one attached hydrogen (secondary N) is 1. The largest absolute Gasteiger partial charge is 0.490 e. The summed E-state index contributed by atoms with van der Waals surface area (Å²) < 4.78 is 40.6. The van der Waals surface area contributed by atoms with Crippen LogP contribution < -0.4 is 14.8 Å². The molecule has 2 aliphatic rings. The third kappa shape index (κ3) is 4.61.